The number of piperidine rings is 1. The maximum atomic E-state index is 12.8. The van der Waals surface area contributed by atoms with Gasteiger partial charge in [0.1, 0.15) is 0 Å². The third-order valence-corrected chi connectivity index (χ3v) is 20.5. The summed E-state index contributed by atoms with van der Waals surface area (Å²) in [5.74, 6) is -2.29. The van der Waals surface area contributed by atoms with Crippen molar-refractivity contribution in [1.29, 1.82) is 0 Å². The molecule has 0 bridgehead atoms. The van der Waals surface area contributed by atoms with Crippen molar-refractivity contribution in [2.45, 2.75) is 343 Å². The smallest absolute Gasteiger partial charge is 0.311 e. The third kappa shape index (κ3) is 38.4. The highest BCUT2D eigenvalue weighted by atomic mass is 16.5. The van der Waals surface area contributed by atoms with E-state index in [2.05, 4.69) is 43.4 Å². The number of para-hydroxylation sites is 1. The number of ether oxygens (including phenoxy) is 1. The summed E-state index contributed by atoms with van der Waals surface area (Å²) in [5.41, 5.74) is 32.1. The van der Waals surface area contributed by atoms with Crippen molar-refractivity contribution in [2.24, 2.45) is 69.9 Å². The number of nitrogens with zero attached hydrogens (tertiary/aromatic N) is 2. The molecule has 1 aliphatic heterocycles. The number of amides is 3. The van der Waals surface area contributed by atoms with Crippen LogP contribution in [0.1, 0.15) is 281 Å². The number of carbonyl (C=O) groups is 4. The summed E-state index contributed by atoms with van der Waals surface area (Å²) in [4.78, 5) is 53.6. The highest BCUT2D eigenvalue weighted by Crippen LogP contribution is 2.43. The maximum Gasteiger partial charge on any atom is 0.311 e. The van der Waals surface area contributed by atoms with E-state index >= 15 is 0 Å². The van der Waals surface area contributed by atoms with E-state index in [1.165, 1.54) is 13.5 Å². The Morgan fingerprint density at radius 2 is 0.682 bits per heavy atom. The zero-order valence-corrected chi connectivity index (χ0v) is 74.1. The molecule has 3 amide bonds. The maximum absolute atomic E-state index is 12.8. The summed E-state index contributed by atoms with van der Waals surface area (Å²) in [6, 6.07) is 39.2. The third-order valence-electron chi connectivity index (χ3n) is 20.5. The van der Waals surface area contributed by atoms with E-state index in [0.717, 1.165) is 48.3 Å². The zero-order valence-electron chi connectivity index (χ0n) is 74.1. The van der Waals surface area contributed by atoms with Gasteiger partial charge in [0.2, 0.25) is 17.7 Å². The molecule has 19 N–H and O–H groups in total. The minimum absolute atomic E-state index is 0.0274. The number of hydrogen-bond acceptors (Lipinski definition) is 17. The van der Waals surface area contributed by atoms with Crippen LogP contribution in [-0.2, 0) is 23.9 Å². The number of methoxy groups -OCH3 is 1. The number of anilines is 1. The number of rotatable bonds is 28. The van der Waals surface area contributed by atoms with Gasteiger partial charge in [0, 0.05) is 81.8 Å². The SMILES string of the molecule is CC(C)(O)C[C@H](C(=O)N1CCCCC1)C(C)(C)N.CC(C)(O)C[C@H](C(=O)Nc1ccccc1)C(C)(C)N.CC(C)N(C(=O)[C@@H](CC(C)(C)O)C(C)(C)N)C(C)C.COC(=O)[C@@H]([C@@H](c1ccccc1)C(C)(C)O)C(C)(C)N.C[C@@H]([C@@H](c1ccccc1)C(C)(C)O)C(C)(C)N.C[C@@H]([C@H](c1ccccc1)C(C)(C)O)C(C)(C)N. The number of nitrogens with one attached hydrogen (secondary N) is 1. The fraction of sp³-hybridized carbons (Fsp3) is 0.689. The van der Waals surface area contributed by atoms with Crippen LogP contribution in [0.15, 0.2) is 121 Å². The summed E-state index contributed by atoms with van der Waals surface area (Å²) < 4.78 is 4.91. The molecule has 0 saturated carbocycles. The van der Waals surface area contributed by atoms with E-state index in [9.17, 15) is 49.8 Å². The summed E-state index contributed by atoms with van der Waals surface area (Å²) >= 11 is 0. The van der Waals surface area contributed by atoms with Gasteiger partial charge in [0.25, 0.3) is 0 Å². The Balaban J connectivity index is 0.00000130. The molecule has 9 atom stereocenters. The van der Waals surface area contributed by atoms with Crippen LogP contribution in [0.3, 0.4) is 0 Å². The molecular formula is C90H159N9O11. The van der Waals surface area contributed by atoms with Gasteiger partial charge in [-0.3, -0.25) is 19.2 Å². The minimum Gasteiger partial charge on any atom is -0.469 e. The zero-order chi connectivity index (χ0) is 86.3. The lowest BCUT2D eigenvalue weighted by atomic mass is 9.68. The van der Waals surface area contributed by atoms with Crippen molar-refractivity contribution in [1.82, 2.24) is 9.80 Å². The van der Waals surface area contributed by atoms with Gasteiger partial charge in [-0.25, -0.2) is 0 Å². The first-order valence-corrected chi connectivity index (χ1v) is 39.6. The summed E-state index contributed by atoms with van der Waals surface area (Å²) in [6.45, 7) is 57.6. The molecular weight excluding hydrogens is 1380 g/mol. The lowest BCUT2D eigenvalue weighted by Gasteiger charge is -2.41. The Hall–Kier alpha value is -5.72. The van der Waals surface area contributed by atoms with Crippen LogP contribution in [-0.4, -0.2) is 163 Å². The van der Waals surface area contributed by atoms with Crippen LogP contribution < -0.4 is 39.7 Å². The minimum atomic E-state index is -1.10. The molecule has 0 spiro atoms. The Morgan fingerprint density at radius 3 is 0.936 bits per heavy atom. The first kappa shape index (κ1) is 104. The second-order valence-corrected chi connectivity index (χ2v) is 39.0. The molecule has 1 fully saturated rings. The average Bonchev–Trinajstić information content (AvgIpc) is 0.792. The Morgan fingerprint density at radius 1 is 0.400 bits per heavy atom. The molecule has 20 nitrogen and oxygen atoms in total. The lowest BCUT2D eigenvalue weighted by Crippen LogP contribution is -2.55. The van der Waals surface area contributed by atoms with Gasteiger partial charge in [-0.15, -0.1) is 0 Å². The number of esters is 1. The molecule has 0 aromatic heterocycles. The van der Waals surface area contributed by atoms with Crippen molar-refractivity contribution in [3.8, 4) is 0 Å². The van der Waals surface area contributed by atoms with E-state index in [1.54, 1.807) is 83.1 Å². The molecule has 0 unspecified atom stereocenters. The quantitative estimate of drug-likeness (QED) is 0.0235. The van der Waals surface area contributed by atoms with Crippen LogP contribution in [0.4, 0.5) is 5.69 Å². The first-order chi connectivity index (χ1) is 49.3. The predicted octanol–water partition coefficient (Wildman–Crippen LogP) is 13.7. The standard InChI is InChI=1S/C16H25NO3.C15H24N2O2.C15H32N2O2.2C15H25NO.C14H28N2O2/c1-15(2,17)13(14(18)20-5)12(16(3,4)19)11-9-7-6-8-10-11;1-14(2,19)10-12(15(3,4)16)13(18)17-11-8-6-5-7-9-11;1-10(2)17(11(3)4)13(18)12(15(7,8)16)9-14(5,6)19;2*1-11(14(2,3)16)13(15(4,5)17)12-9-7-6-8-10-12;1-13(2,18)10-11(14(3,4)15)12(17)16-8-6-5-7-9-16/h6-10,12-13,19H,17H2,1-5H3;5-9,12,19H,10,16H2,1-4H3,(H,17,18);10-12,19H,9,16H2,1-8H3;2*6-11,13,17H,16H2,1-5H3;11,18H,5-10,15H2,1-4H3/t12-,13-;2*12-;11-,13+;11-,13-;11-/m111001/s1. The van der Waals surface area contributed by atoms with Crippen molar-refractivity contribution in [2.75, 3.05) is 25.5 Å². The summed E-state index contributed by atoms with van der Waals surface area (Å²) in [7, 11) is 1.34. The first-order valence-electron chi connectivity index (χ1n) is 39.6. The van der Waals surface area contributed by atoms with Gasteiger partial charge in [-0.1, -0.05) is 123 Å². The van der Waals surface area contributed by atoms with Crippen LogP contribution in [0.25, 0.3) is 0 Å². The van der Waals surface area contributed by atoms with Gasteiger partial charge in [-0.05, 0) is 273 Å². The number of carbonyl (C=O) groups excluding carboxylic acids is 4. The molecule has 5 rings (SSSR count). The van der Waals surface area contributed by atoms with Crippen molar-refractivity contribution < 1.29 is 54.6 Å². The Kier molecular flexibility index (Phi) is 40.4. The number of likely N-dealkylation sites (tertiary alicyclic amines) is 1. The molecule has 0 radical (unpaired) electrons. The molecule has 630 valence electrons. The topological polar surface area (TPSA) is 374 Å². The van der Waals surface area contributed by atoms with E-state index in [-0.39, 0.29) is 70.5 Å². The molecule has 1 saturated heterocycles. The molecule has 4 aromatic rings. The normalized spacial score (nSPS) is 16.2. The molecule has 0 aliphatic carbocycles. The highest BCUT2D eigenvalue weighted by Gasteiger charge is 2.48. The molecule has 110 heavy (non-hydrogen) atoms. The summed E-state index contributed by atoms with van der Waals surface area (Å²) in [5, 5.41) is 64.1. The van der Waals surface area contributed by atoms with Crippen LogP contribution in [0, 0.1) is 35.5 Å². The number of aliphatic hydroxyl groups is 6. The molecule has 1 aliphatic rings. The monoisotopic (exact) mass is 1540 g/mol. The van der Waals surface area contributed by atoms with Gasteiger partial charge < -0.3 is 84.9 Å². The van der Waals surface area contributed by atoms with Gasteiger partial charge in [0.05, 0.1) is 64.4 Å². The molecule has 1 heterocycles. The summed E-state index contributed by atoms with van der Waals surface area (Å²) in [6.07, 6.45) is 4.44. The van der Waals surface area contributed by atoms with E-state index in [0.29, 0.717) is 19.3 Å². The van der Waals surface area contributed by atoms with Gasteiger partial charge >= 0.3 is 5.97 Å². The Bertz CT molecular complexity index is 3180. The fourth-order valence-corrected chi connectivity index (χ4v) is 14.4. The second-order valence-electron chi connectivity index (χ2n) is 39.0. The van der Waals surface area contributed by atoms with E-state index in [1.807, 2.05) is 218 Å². The molecule has 20 heteroatoms. The van der Waals surface area contributed by atoms with Crippen LogP contribution in [0.5, 0.6) is 0 Å². The average molecular weight is 1540 g/mol. The van der Waals surface area contributed by atoms with E-state index in [4.69, 9.17) is 39.1 Å². The fourth-order valence-electron chi connectivity index (χ4n) is 14.4. The van der Waals surface area contributed by atoms with Crippen molar-refractivity contribution in [3.63, 3.8) is 0 Å². The van der Waals surface area contributed by atoms with E-state index < -0.39 is 85.4 Å². The number of hydrogen-bond donors (Lipinski definition) is 13. The number of nitrogens with two attached hydrogens (primary N) is 6. The van der Waals surface area contributed by atoms with Gasteiger partial charge in [0.15, 0.2) is 0 Å². The van der Waals surface area contributed by atoms with Crippen LogP contribution >= 0.6 is 0 Å². The predicted molar refractivity (Wildman–Crippen MR) is 456 cm³/mol. The van der Waals surface area contributed by atoms with Crippen molar-refractivity contribution >= 4 is 29.4 Å². The largest absolute Gasteiger partial charge is 0.469 e. The molecule has 4 aromatic carbocycles. The van der Waals surface area contributed by atoms with Crippen molar-refractivity contribution in [3.05, 3.63) is 138 Å². The number of benzene rings is 4. The van der Waals surface area contributed by atoms with Gasteiger partial charge in [-0.2, -0.15) is 0 Å². The highest BCUT2D eigenvalue weighted by molar-refractivity contribution is 5.93. The Labute approximate surface area is 666 Å². The van der Waals surface area contributed by atoms with Crippen LogP contribution in [0.2, 0.25) is 0 Å². The lowest BCUT2D eigenvalue weighted by molar-refractivity contribution is -0.151. The second kappa shape index (κ2) is 42.6.